The predicted molar refractivity (Wildman–Crippen MR) is 56.4 cm³/mol. The molecule has 0 aromatic carbocycles. The standard InChI is InChI=1S/C11H12N2O/c1-2-4-8-7-10(14)9-5-3-6-12-11(9)13-8/h3,5-7H,2,4H2,1H3,(H,12,13,14). The SMILES string of the molecule is CCCc1cc(=O)c2cccnc2[nH]1. The van der Waals surface area contributed by atoms with Crippen molar-refractivity contribution in [3.05, 3.63) is 40.3 Å². The van der Waals surface area contributed by atoms with E-state index < -0.39 is 0 Å². The molecule has 2 aromatic rings. The highest BCUT2D eigenvalue weighted by Gasteiger charge is 2.00. The highest BCUT2D eigenvalue weighted by molar-refractivity contribution is 5.73. The molecular weight excluding hydrogens is 176 g/mol. The third kappa shape index (κ3) is 1.53. The molecule has 14 heavy (non-hydrogen) atoms. The molecule has 0 fully saturated rings. The van der Waals surface area contributed by atoms with Crippen molar-refractivity contribution in [2.45, 2.75) is 19.8 Å². The van der Waals surface area contributed by atoms with Gasteiger partial charge in [-0.05, 0) is 18.6 Å². The van der Waals surface area contributed by atoms with Gasteiger partial charge in [-0.15, -0.1) is 0 Å². The topological polar surface area (TPSA) is 45.8 Å². The number of aromatic amines is 1. The third-order valence-electron chi connectivity index (χ3n) is 2.18. The van der Waals surface area contributed by atoms with Crippen molar-refractivity contribution in [2.75, 3.05) is 0 Å². The van der Waals surface area contributed by atoms with Crippen LogP contribution in [0, 0.1) is 0 Å². The van der Waals surface area contributed by atoms with Gasteiger partial charge in [0.25, 0.3) is 0 Å². The molecule has 0 amide bonds. The van der Waals surface area contributed by atoms with Gasteiger partial charge in [-0.2, -0.15) is 0 Å². The predicted octanol–water partition coefficient (Wildman–Crippen LogP) is 1.88. The molecule has 0 radical (unpaired) electrons. The number of nitrogens with one attached hydrogen (secondary N) is 1. The molecule has 0 unspecified atom stereocenters. The van der Waals surface area contributed by atoms with Crippen molar-refractivity contribution in [1.82, 2.24) is 9.97 Å². The number of hydrogen-bond acceptors (Lipinski definition) is 2. The van der Waals surface area contributed by atoms with Gasteiger partial charge in [0.1, 0.15) is 5.65 Å². The average molecular weight is 188 g/mol. The van der Waals surface area contributed by atoms with Crippen molar-refractivity contribution < 1.29 is 0 Å². The van der Waals surface area contributed by atoms with Crippen LogP contribution >= 0.6 is 0 Å². The lowest BCUT2D eigenvalue weighted by Crippen LogP contribution is -2.05. The number of hydrogen-bond donors (Lipinski definition) is 1. The quantitative estimate of drug-likeness (QED) is 0.782. The van der Waals surface area contributed by atoms with Gasteiger partial charge in [0.2, 0.25) is 0 Å². The highest BCUT2D eigenvalue weighted by Crippen LogP contribution is 2.05. The van der Waals surface area contributed by atoms with Gasteiger partial charge in [-0.1, -0.05) is 13.3 Å². The van der Waals surface area contributed by atoms with Crippen LogP contribution in [0.5, 0.6) is 0 Å². The van der Waals surface area contributed by atoms with Crippen molar-refractivity contribution in [3.63, 3.8) is 0 Å². The van der Waals surface area contributed by atoms with E-state index >= 15 is 0 Å². The van der Waals surface area contributed by atoms with E-state index in [0.29, 0.717) is 11.0 Å². The lowest BCUT2D eigenvalue weighted by Gasteiger charge is -2.01. The first-order valence-electron chi connectivity index (χ1n) is 4.78. The van der Waals surface area contributed by atoms with Gasteiger partial charge in [-0.3, -0.25) is 4.79 Å². The first-order valence-corrected chi connectivity index (χ1v) is 4.78. The van der Waals surface area contributed by atoms with Gasteiger partial charge < -0.3 is 4.98 Å². The van der Waals surface area contributed by atoms with Crippen LogP contribution in [0.3, 0.4) is 0 Å². The van der Waals surface area contributed by atoms with Gasteiger partial charge >= 0.3 is 0 Å². The second kappa shape index (κ2) is 3.62. The van der Waals surface area contributed by atoms with Crippen molar-refractivity contribution in [1.29, 1.82) is 0 Å². The Balaban J connectivity index is 2.66. The Morgan fingerprint density at radius 3 is 3.14 bits per heavy atom. The van der Waals surface area contributed by atoms with E-state index in [9.17, 15) is 4.79 Å². The molecule has 0 spiro atoms. The van der Waals surface area contributed by atoms with E-state index in [1.54, 1.807) is 24.4 Å². The summed E-state index contributed by atoms with van der Waals surface area (Å²) in [6, 6.07) is 5.22. The maximum atomic E-state index is 11.6. The largest absolute Gasteiger partial charge is 0.343 e. The smallest absolute Gasteiger partial charge is 0.191 e. The summed E-state index contributed by atoms with van der Waals surface area (Å²) >= 11 is 0. The van der Waals surface area contributed by atoms with Crippen molar-refractivity contribution >= 4 is 11.0 Å². The fourth-order valence-corrected chi connectivity index (χ4v) is 1.53. The summed E-state index contributed by atoms with van der Waals surface area (Å²) in [4.78, 5) is 18.9. The van der Waals surface area contributed by atoms with Crippen LogP contribution in [0.1, 0.15) is 19.0 Å². The molecule has 0 aliphatic heterocycles. The zero-order valence-electron chi connectivity index (χ0n) is 8.08. The summed E-state index contributed by atoms with van der Waals surface area (Å²) in [5, 5.41) is 0.660. The molecule has 0 saturated heterocycles. The Labute approximate surface area is 81.8 Å². The van der Waals surface area contributed by atoms with Crippen LogP contribution in [0.15, 0.2) is 29.2 Å². The normalized spacial score (nSPS) is 10.6. The molecule has 0 aliphatic carbocycles. The lowest BCUT2D eigenvalue weighted by atomic mass is 10.2. The van der Waals surface area contributed by atoms with E-state index in [1.165, 1.54) is 0 Å². The average Bonchev–Trinajstić information content (AvgIpc) is 2.18. The minimum Gasteiger partial charge on any atom is -0.343 e. The zero-order chi connectivity index (χ0) is 9.97. The molecule has 0 aliphatic rings. The molecule has 0 bridgehead atoms. The van der Waals surface area contributed by atoms with Crippen LogP contribution in [0.25, 0.3) is 11.0 Å². The number of fused-ring (bicyclic) bond motifs is 1. The number of rotatable bonds is 2. The van der Waals surface area contributed by atoms with Crippen molar-refractivity contribution in [3.8, 4) is 0 Å². The van der Waals surface area contributed by atoms with Gasteiger partial charge in [0, 0.05) is 18.0 Å². The molecule has 2 rings (SSSR count). The Bertz CT molecular complexity index is 502. The first-order chi connectivity index (χ1) is 6.81. The minimum atomic E-state index is 0.0512. The summed E-state index contributed by atoms with van der Waals surface area (Å²) in [6.45, 7) is 2.08. The van der Waals surface area contributed by atoms with E-state index in [1.807, 2.05) is 0 Å². The van der Waals surface area contributed by atoms with Crippen LogP contribution in [-0.4, -0.2) is 9.97 Å². The number of aryl methyl sites for hydroxylation is 1. The first kappa shape index (κ1) is 8.94. The molecule has 0 atom stereocenters. The Morgan fingerprint density at radius 1 is 1.50 bits per heavy atom. The monoisotopic (exact) mass is 188 g/mol. The Kier molecular flexibility index (Phi) is 2.31. The molecule has 72 valence electrons. The lowest BCUT2D eigenvalue weighted by molar-refractivity contribution is 0.885. The highest BCUT2D eigenvalue weighted by atomic mass is 16.1. The third-order valence-corrected chi connectivity index (χ3v) is 2.18. The summed E-state index contributed by atoms with van der Waals surface area (Å²) in [5.41, 5.74) is 1.70. The van der Waals surface area contributed by atoms with Crippen LogP contribution in [0.4, 0.5) is 0 Å². The summed E-state index contributed by atoms with van der Waals surface area (Å²) < 4.78 is 0. The molecular formula is C11H12N2O. The van der Waals surface area contributed by atoms with E-state index in [0.717, 1.165) is 18.5 Å². The fraction of sp³-hybridized carbons (Fsp3) is 0.273. The molecule has 3 heteroatoms. The number of H-pyrrole nitrogens is 1. The summed E-state index contributed by atoms with van der Waals surface area (Å²) in [6.07, 6.45) is 3.60. The van der Waals surface area contributed by atoms with Gasteiger partial charge in [0.05, 0.1) is 5.39 Å². The minimum absolute atomic E-state index is 0.0512. The summed E-state index contributed by atoms with van der Waals surface area (Å²) in [7, 11) is 0. The zero-order valence-corrected chi connectivity index (χ0v) is 8.08. The molecule has 2 aromatic heterocycles. The van der Waals surface area contributed by atoms with Crippen LogP contribution < -0.4 is 5.43 Å². The van der Waals surface area contributed by atoms with Gasteiger partial charge in [0.15, 0.2) is 5.43 Å². The number of aromatic nitrogens is 2. The number of pyridine rings is 2. The van der Waals surface area contributed by atoms with Crippen LogP contribution in [-0.2, 0) is 6.42 Å². The summed E-state index contributed by atoms with van der Waals surface area (Å²) in [5.74, 6) is 0. The van der Waals surface area contributed by atoms with Gasteiger partial charge in [-0.25, -0.2) is 4.98 Å². The second-order valence-corrected chi connectivity index (χ2v) is 3.31. The molecule has 1 N–H and O–H groups in total. The van der Waals surface area contributed by atoms with Crippen LogP contribution in [0.2, 0.25) is 0 Å². The second-order valence-electron chi connectivity index (χ2n) is 3.31. The fourth-order valence-electron chi connectivity index (χ4n) is 1.53. The molecule has 3 nitrogen and oxygen atoms in total. The maximum absolute atomic E-state index is 11.6. The van der Waals surface area contributed by atoms with Crippen molar-refractivity contribution in [2.24, 2.45) is 0 Å². The van der Waals surface area contributed by atoms with E-state index in [2.05, 4.69) is 16.9 Å². The Morgan fingerprint density at radius 2 is 2.36 bits per heavy atom. The Hall–Kier alpha value is -1.64. The maximum Gasteiger partial charge on any atom is 0.191 e. The van der Waals surface area contributed by atoms with E-state index in [4.69, 9.17) is 0 Å². The molecule has 2 heterocycles. The number of nitrogens with zero attached hydrogens (tertiary/aromatic N) is 1. The van der Waals surface area contributed by atoms with E-state index in [-0.39, 0.29) is 5.43 Å². The molecule has 0 saturated carbocycles.